The summed E-state index contributed by atoms with van der Waals surface area (Å²) in [4.78, 5) is 0.182. The number of hydrogen-bond acceptors (Lipinski definition) is 3. The summed E-state index contributed by atoms with van der Waals surface area (Å²) in [5.74, 6) is 0. The number of benzene rings is 2. The molecule has 0 unspecified atom stereocenters. The van der Waals surface area contributed by atoms with Crippen LogP contribution >= 0.6 is 15.9 Å². The SMILES string of the molecule is Cc1cc(Br)ccc1NS(=O)(=O)c1cn(-c2ccccc2)nc1C(C)(C)C. The number of aryl methyl sites for hydroxylation is 1. The van der Waals surface area contributed by atoms with Crippen LogP contribution in [0.15, 0.2) is 64.1 Å². The third-order valence-electron chi connectivity index (χ3n) is 4.13. The molecule has 142 valence electrons. The molecule has 0 aliphatic rings. The number of nitrogens with one attached hydrogen (secondary N) is 1. The lowest BCUT2D eigenvalue weighted by molar-refractivity contribution is 0.543. The summed E-state index contributed by atoms with van der Waals surface area (Å²) >= 11 is 3.40. The minimum atomic E-state index is -3.80. The maximum atomic E-state index is 13.2. The van der Waals surface area contributed by atoms with Crippen molar-refractivity contribution in [3.05, 3.63) is 70.5 Å². The number of anilines is 1. The largest absolute Gasteiger partial charge is 0.279 e. The van der Waals surface area contributed by atoms with Gasteiger partial charge < -0.3 is 0 Å². The highest BCUT2D eigenvalue weighted by molar-refractivity contribution is 9.10. The van der Waals surface area contributed by atoms with E-state index in [2.05, 4.69) is 25.8 Å². The first-order valence-electron chi connectivity index (χ1n) is 8.52. The molecule has 0 saturated heterocycles. The molecule has 1 N–H and O–H groups in total. The van der Waals surface area contributed by atoms with E-state index in [4.69, 9.17) is 0 Å². The van der Waals surface area contributed by atoms with E-state index in [-0.39, 0.29) is 4.90 Å². The fourth-order valence-electron chi connectivity index (χ4n) is 2.73. The third-order valence-corrected chi connectivity index (χ3v) is 5.99. The fraction of sp³-hybridized carbons (Fsp3) is 0.250. The quantitative estimate of drug-likeness (QED) is 0.608. The van der Waals surface area contributed by atoms with Crippen molar-refractivity contribution in [1.82, 2.24) is 9.78 Å². The van der Waals surface area contributed by atoms with E-state index in [9.17, 15) is 8.42 Å². The number of halogens is 1. The first-order valence-corrected chi connectivity index (χ1v) is 10.8. The average Bonchev–Trinajstić information content (AvgIpc) is 3.05. The highest BCUT2D eigenvalue weighted by Gasteiger charge is 2.30. The Bertz CT molecular complexity index is 1070. The zero-order valence-electron chi connectivity index (χ0n) is 15.7. The van der Waals surface area contributed by atoms with E-state index in [1.165, 1.54) is 0 Å². The van der Waals surface area contributed by atoms with Gasteiger partial charge in [-0.2, -0.15) is 5.10 Å². The normalized spacial score (nSPS) is 12.2. The zero-order valence-corrected chi connectivity index (χ0v) is 18.1. The van der Waals surface area contributed by atoms with Crippen LogP contribution in [0.2, 0.25) is 0 Å². The number of para-hydroxylation sites is 1. The lowest BCUT2D eigenvalue weighted by Gasteiger charge is -2.18. The fourth-order valence-corrected chi connectivity index (χ4v) is 4.67. The molecular weight excluding hydrogens is 426 g/mol. The minimum absolute atomic E-state index is 0.182. The van der Waals surface area contributed by atoms with Crippen LogP contribution in [0, 0.1) is 6.92 Å². The Morgan fingerprint density at radius 1 is 1.07 bits per heavy atom. The second-order valence-electron chi connectivity index (χ2n) is 7.44. The first kappa shape index (κ1) is 19.6. The van der Waals surface area contributed by atoms with Gasteiger partial charge in [-0.1, -0.05) is 54.9 Å². The average molecular weight is 448 g/mol. The van der Waals surface area contributed by atoms with Crippen LogP contribution in [0.1, 0.15) is 32.0 Å². The summed E-state index contributed by atoms with van der Waals surface area (Å²) in [6.07, 6.45) is 1.58. The van der Waals surface area contributed by atoms with Crippen molar-refractivity contribution in [3.8, 4) is 5.69 Å². The van der Waals surface area contributed by atoms with Gasteiger partial charge in [-0.15, -0.1) is 0 Å². The number of nitrogens with zero attached hydrogens (tertiary/aromatic N) is 2. The standard InChI is InChI=1S/C20H22BrN3O2S/c1-14-12-15(21)10-11-17(14)23-27(25,26)18-13-24(16-8-6-5-7-9-16)22-19(18)20(2,3)4/h5-13,23H,1-4H3. The molecule has 0 fully saturated rings. The Hall–Kier alpha value is -2.12. The summed E-state index contributed by atoms with van der Waals surface area (Å²) in [5.41, 5.74) is 2.28. The molecule has 5 nitrogen and oxygen atoms in total. The van der Waals surface area contributed by atoms with E-state index in [1.807, 2.05) is 70.2 Å². The van der Waals surface area contributed by atoms with Gasteiger partial charge in [0.05, 0.1) is 23.3 Å². The summed E-state index contributed by atoms with van der Waals surface area (Å²) < 4.78 is 31.6. The van der Waals surface area contributed by atoms with Crippen molar-refractivity contribution in [2.24, 2.45) is 0 Å². The summed E-state index contributed by atoms with van der Waals surface area (Å²) in [6, 6.07) is 14.9. The predicted molar refractivity (Wildman–Crippen MR) is 112 cm³/mol. The van der Waals surface area contributed by atoms with Gasteiger partial charge in [-0.05, 0) is 42.8 Å². The van der Waals surface area contributed by atoms with Crippen LogP contribution in [0.4, 0.5) is 5.69 Å². The first-order chi connectivity index (χ1) is 12.6. The zero-order chi connectivity index (χ0) is 19.8. The Morgan fingerprint density at radius 2 is 1.74 bits per heavy atom. The van der Waals surface area contributed by atoms with Crippen LogP contribution < -0.4 is 4.72 Å². The van der Waals surface area contributed by atoms with Gasteiger partial charge in [-0.3, -0.25) is 4.72 Å². The van der Waals surface area contributed by atoms with E-state index in [1.54, 1.807) is 16.9 Å². The van der Waals surface area contributed by atoms with Crippen LogP contribution in [-0.2, 0) is 15.4 Å². The van der Waals surface area contributed by atoms with Gasteiger partial charge >= 0.3 is 0 Å². The number of rotatable bonds is 4. The lowest BCUT2D eigenvalue weighted by Crippen LogP contribution is -2.20. The molecule has 1 aromatic heterocycles. The Labute approximate surface area is 168 Å². The summed E-state index contributed by atoms with van der Waals surface area (Å²) in [6.45, 7) is 7.72. The van der Waals surface area contributed by atoms with E-state index in [0.717, 1.165) is 15.7 Å². The molecule has 0 aliphatic carbocycles. The molecular formula is C20H22BrN3O2S. The third kappa shape index (κ3) is 4.25. The molecule has 0 radical (unpaired) electrons. The van der Waals surface area contributed by atoms with Gasteiger partial charge in [-0.25, -0.2) is 13.1 Å². The van der Waals surface area contributed by atoms with Gasteiger partial charge in [0, 0.05) is 9.89 Å². The van der Waals surface area contributed by atoms with Crippen molar-refractivity contribution in [3.63, 3.8) is 0 Å². The summed E-state index contributed by atoms with van der Waals surface area (Å²) in [5, 5.41) is 4.59. The summed E-state index contributed by atoms with van der Waals surface area (Å²) in [7, 11) is -3.80. The molecule has 0 spiro atoms. The smallest absolute Gasteiger partial charge is 0.265 e. The van der Waals surface area contributed by atoms with Crippen LogP contribution in [0.5, 0.6) is 0 Å². The second kappa shape index (κ2) is 7.13. The van der Waals surface area contributed by atoms with E-state index in [0.29, 0.717) is 11.4 Å². The molecule has 1 heterocycles. The molecule has 3 aromatic rings. The van der Waals surface area contributed by atoms with Crippen molar-refractivity contribution in [2.45, 2.75) is 38.0 Å². The maximum absolute atomic E-state index is 13.2. The van der Waals surface area contributed by atoms with Gasteiger partial charge in [0.2, 0.25) is 0 Å². The highest BCUT2D eigenvalue weighted by Crippen LogP contribution is 2.31. The number of sulfonamides is 1. The Kier molecular flexibility index (Phi) is 5.18. The molecule has 0 amide bonds. The van der Waals surface area contributed by atoms with Crippen molar-refractivity contribution in [1.29, 1.82) is 0 Å². The Morgan fingerprint density at radius 3 is 2.33 bits per heavy atom. The molecule has 0 aliphatic heterocycles. The molecule has 0 atom stereocenters. The van der Waals surface area contributed by atoms with Crippen LogP contribution in [0.3, 0.4) is 0 Å². The van der Waals surface area contributed by atoms with Gasteiger partial charge in [0.1, 0.15) is 4.90 Å². The second-order valence-corrected chi connectivity index (χ2v) is 10.0. The molecule has 0 bridgehead atoms. The number of hydrogen-bond donors (Lipinski definition) is 1. The molecule has 7 heteroatoms. The highest BCUT2D eigenvalue weighted by atomic mass is 79.9. The van der Waals surface area contributed by atoms with E-state index >= 15 is 0 Å². The molecule has 0 saturated carbocycles. The molecule has 3 rings (SSSR count). The molecule has 27 heavy (non-hydrogen) atoms. The van der Waals surface area contributed by atoms with Crippen molar-refractivity contribution < 1.29 is 8.42 Å². The predicted octanol–water partition coefficient (Wildman–Crippen LogP) is 5.04. The Balaban J connectivity index is 2.09. The number of aromatic nitrogens is 2. The molecule has 2 aromatic carbocycles. The topological polar surface area (TPSA) is 64.0 Å². The lowest BCUT2D eigenvalue weighted by atomic mass is 9.92. The monoisotopic (exact) mass is 447 g/mol. The van der Waals surface area contributed by atoms with Gasteiger partial charge in [0.15, 0.2) is 0 Å². The van der Waals surface area contributed by atoms with Crippen LogP contribution in [0.25, 0.3) is 5.69 Å². The maximum Gasteiger partial charge on any atom is 0.265 e. The van der Waals surface area contributed by atoms with Gasteiger partial charge in [0.25, 0.3) is 10.0 Å². The van der Waals surface area contributed by atoms with Crippen molar-refractivity contribution in [2.75, 3.05) is 4.72 Å². The van der Waals surface area contributed by atoms with Crippen molar-refractivity contribution >= 4 is 31.6 Å². The minimum Gasteiger partial charge on any atom is -0.279 e. The van der Waals surface area contributed by atoms with E-state index < -0.39 is 15.4 Å². The van der Waals surface area contributed by atoms with Crippen LogP contribution in [-0.4, -0.2) is 18.2 Å².